The first-order valence-electron chi connectivity index (χ1n) is 11.1. The highest BCUT2D eigenvalue weighted by Crippen LogP contribution is 2.22. The molecule has 2 heterocycles. The van der Waals surface area contributed by atoms with Crippen molar-refractivity contribution in [3.63, 3.8) is 0 Å². The molecular formula is C25H30N2O3. The Morgan fingerprint density at radius 3 is 2.37 bits per heavy atom. The first-order chi connectivity index (χ1) is 14.7. The molecular weight excluding hydrogens is 376 g/mol. The summed E-state index contributed by atoms with van der Waals surface area (Å²) in [5.74, 6) is 1.05. The molecule has 0 aromatic heterocycles. The summed E-state index contributed by atoms with van der Waals surface area (Å²) < 4.78 is 5.97. The van der Waals surface area contributed by atoms with Crippen LogP contribution >= 0.6 is 0 Å². The molecule has 5 nitrogen and oxygen atoms in total. The molecule has 30 heavy (non-hydrogen) atoms. The van der Waals surface area contributed by atoms with Gasteiger partial charge in [0.1, 0.15) is 12.4 Å². The Kier molecular flexibility index (Phi) is 6.67. The van der Waals surface area contributed by atoms with Gasteiger partial charge in [-0.1, -0.05) is 30.3 Å². The van der Waals surface area contributed by atoms with Crippen molar-refractivity contribution in [3.8, 4) is 5.75 Å². The minimum atomic E-state index is 0.102. The average Bonchev–Trinajstić information content (AvgIpc) is 3.49. The number of carbonyl (C=O) groups excluding carboxylic acids is 2. The van der Waals surface area contributed by atoms with Crippen molar-refractivity contribution in [2.75, 3.05) is 26.2 Å². The molecule has 4 rings (SSSR count). The molecule has 1 unspecified atom stereocenters. The fraction of sp³-hybridized carbons (Fsp3) is 0.440. The smallest absolute Gasteiger partial charge is 0.253 e. The summed E-state index contributed by atoms with van der Waals surface area (Å²) in [4.78, 5) is 29.1. The van der Waals surface area contributed by atoms with E-state index >= 15 is 0 Å². The maximum Gasteiger partial charge on any atom is 0.253 e. The molecule has 1 atom stereocenters. The van der Waals surface area contributed by atoms with Gasteiger partial charge in [-0.15, -0.1) is 0 Å². The molecule has 2 aromatic rings. The van der Waals surface area contributed by atoms with Gasteiger partial charge < -0.3 is 14.5 Å². The van der Waals surface area contributed by atoms with E-state index in [9.17, 15) is 9.59 Å². The van der Waals surface area contributed by atoms with Crippen molar-refractivity contribution in [2.45, 2.75) is 44.6 Å². The number of amides is 2. The highest BCUT2D eigenvalue weighted by Gasteiger charge is 2.29. The third-order valence-corrected chi connectivity index (χ3v) is 6.10. The number of ether oxygens (including phenoxy) is 1. The molecule has 0 aliphatic carbocycles. The standard InChI is InChI=1S/C25H30N2O3/c28-24(15-10-20-7-2-1-3-8-20)27-18-6-9-22(27)19-30-23-13-11-21(12-14-23)25(29)26-16-4-5-17-26/h1-3,7-8,11-14,22H,4-6,9-10,15-19H2. The molecule has 5 heteroatoms. The highest BCUT2D eigenvalue weighted by atomic mass is 16.5. The molecule has 2 saturated heterocycles. The number of benzene rings is 2. The second-order valence-corrected chi connectivity index (χ2v) is 8.20. The van der Waals surface area contributed by atoms with Crippen LogP contribution in [0.2, 0.25) is 0 Å². The van der Waals surface area contributed by atoms with Crippen molar-refractivity contribution < 1.29 is 14.3 Å². The van der Waals surface area contributed by atoms with Gasteiger partial charge in [-0.05, 0) is 61.9 Å². The predicted molar refractivity (Wildman–Crippen MR) is 117 cm³/mol. The number of aryl methyl sites for hydroxylation is 1. The van der Waals surface area contributed by atoms with Crippen LogP contribution in [0.4, 0.5) is 0 Å². The van der Waals surface area contributed by atoms with Gasteiger partial charge in [0.25, 0.3) is 5.91 Å². The van der Waals surface area contributed by atoms with Gasteiger partial charge in [0.05, 0.1) is 6.04 Å². The number of likely N-dealkylation sites (tertiary alicyclic amines) is 2. The van der Waals surface area contributed by atoms with E-state index in [0.717, 1.165) is 57.5 Å². The van der Waals surface area contributed by atoms with E-state index in [0.29, 0.717) is 18.6 Å². The predicted octanol–water partition coefficient (Wildman–Crippen LogP) is 3.93. The summed E-state index contributed by atoms with van der Waals surface area (Å²) in [5, 5.41) is 0. The summed E-state index contributed by atoms with van der Waals surface area (Å²) in [6.07, 6.45) is 5.49. The molecule has 2 aliphatic rings. The van der Waals surface area contributed by atoms with E-state index < -0.39 is 0 Å². The summed E-state index contributed by atoms with van der Waals surface area (Å²) in [6, 6.07) is 17.7. The summed E-state index contributed by atoms with van der Waals surface area (Å²) >= 11 is 0. The second kappa shape index (κ2) is 9.79. The molecule has 0 saturated carbocycles. The summed E-state index contributed by atoms with van der Waals surface area (Å²) in [6.45, 7) is 3.02. The van der Waals surface area contributed by atoms with E-state index in [1.165, 1.54) is 5.56 Å². The van der Waals surface area contributed by atoms with Gasteiger partial charge in [-0.3, -0.25) is 9.59 Å². The van der Waals surface area contributed by atoms with E-state index in [1.807, 2.05) is 52.3 Å². The van der Waals surface area contributed by atoms with Gasteiger partial charge in [-0.25, -0.2) is 0 Å². The van der Waals surface area contributed by atoms with Crippen LogP contribution in [-0.2, 0) is 11.2 Å². The van der Waals surface area contributed by atoms with E-state index in [4.69, 9.17) is 4.74 Å². The monoisotopic (exact) mass is 406 g/mol. The maximum atomic E-state index is 12.7. The van der Waals surface area contributed by atoms with Crippen molar-refractivity contribution in [1.82, 2.24) is 9.80 Å². The largest absolute Gasteiger partial charge is 0.491 e. The minimum absolute atomic E-state index is 0.102. The average molecular weight is 407 g/mol. The molecule has 2 aromatic carbocycles. The fourth-order valence-electron chi connectivity index (χ4n) is 4.37. The Morgan fingerprint density at radius 1 is 0.900 bits per heavy atom. The first kappa shape index (κ1) is 20.5. The summed E-state index contributed by atoms with van der Waals surface area (Å²) in [7, 11) is 0. The molecule has 0 bridgehead atoms. The van der Waals surface area contributed by atoms with Crippen molar-refractivity contribution in [2.24, 2.45) is 0 Å². The molecule has 2 fully saturated rings. The first-order valence-corrected chi connectivity index (χ1v) is 11.1. The van der Waals surface area contributed by atoms with Gasteiger partial charge in [0.2, 0.25) is 5.91 Å². The lowest BCUT2D eigenvalue weighted by atomic mass is 10.1. The highest BCUT2D eigenvalue weighted by molar-refractivity contribution is 5.94. The van der Waals surface area contributed by atoms with Crippen LogP contribution in [0, 0.1) is 0 Å². The molecule has 0 N–H and O–H groups in total. The Morgan fingerprint density at radius 2 is 1.63 bits per heavy atom. The lowest BCUT2D eigenvalue weighted by Gasteiger charge is -2.25. The summed E-state index contributed by atoms with van der Waals surface area (Å²) in [5.41, 5.74) is 1.91. The molecule has 0 spiro atoms. The van der Waals surface area contributed by atoms with E-state index in [1.54, 1.807) is 0 Å². The van der Waals surface area contributed by atoms with E-state index in [-0.39, 0.29) is 17.9 Å². The zero-order valence-electron chi connectivity index (χ0n) is 17.5. The number of rotatable bonds is 7. The SMILES string of the molecule is O=C(c1ccc(OCC2CCCN2C(=O)CCc2ccccc2)cc1)N1CCCC1. The molecule has 2 aliphatic heterocycles. The Balaban J connectivity index is 1.27. The Hall–Kier alpha value is -2.82. The minimum Gasteiger partial charge on any atom is -0.491 e. The normalized spacial score (nSPS) is 18.6. The lowest BCUT2D eigenvalue weighted by Crippen LogP contribution is -2.39. The van der Waals surface area contributed by atoms with Crippen molar-refractivity contribution in [1.29, 1.82) is 0 Å². The van der Waals surface area contributed by atoms with Gasteiger partial charge in [-0.2, -0.15) is 0 Å². The van der Waals surface area contributed by atoms with Gasteiger partial charge in [0, 0.05) is 31.6 Å². The fourth-order valence-corrected chi connectivity index (χ4v) is 4.37. The van der Waals surface area contributed by atoms with Crippen molar-refractivity contribution >= 4 is 11.8 Å². The van der Waals surface area contributed by atoms with Crippen LogP contribution in [-0.4, -0.2) is 53.9 Å². The lowest BCUT2D eigenvalue weighted by molar-refractivity contribution is -0.132. The van der Waals surface area contributed by atoms with Crippen LogP contribution in [0.5, 0.6) is 5.75 Å². The zero-order chi connectivity index (χ0) is 20.8. The number of nitrogens with zero attached hydrogens (tertiary/aromatic N) is 2. The zero-order valence-corrected chi connectivity index (χ0v) is 17.5. The van der Waals surface area contributed by atoms with Crippen LogP contribution in [0.1, 0.15) is 48.0 Å². The number of hydrogen-bond acceptors (Lipinski definition) is 3. The molecule has 0 radical (unpaired) electrons. The number of hydrogen-bond donors (Lipinski definition) is 0. The van der Waals surface area contributed by atoms with Gasteiger partial charge in [0.15, 0.2) is 0 Å². The quantitative estimate of drug-likeness (QED) is 0.700. The van der Waals surface area contributed by atoms with Crippen LogP contribution < -0.4 is 4.74 Å². The van der Waals surface area contributed by atoms with E-state index in [2.05, 4.69) is 12.1 Å². The van der Waals surface area contributed by atoms with Gasteiger partial charge >= 0.3 is 0 Å². The van der Waals surface area contributed by atoms with Crippen LogP contribution in [0.15, 0.2) is 54.6 Å². The maximum absolute atomic E-state index is 12.7. The topological polar surface area (TPSA) is 49.9 Å². The van der Waals surface area contributed by atoms with Crippen LogP contribution in [0.3, 0.4) is 0 Å². The third-order valence-electron chi connectivity index (χ3n) is 6.10. The Bertz CT molecular complexity index is 844. The number of carbonyl (C=O) groups is 2. The third kappa shape index (κ3) is 5.02. The van der Waals surface area contributed by atoms with Crippen molar-refractivity contribution in [3.05, 3.63) is 65.7 Å². The molecule has 2 amide bonds. The second-order valence-electron chi connectivity index (χ2n) is 8.20. The Labute approximate surface area is 178 Å². The molecule has 158 valence electrons. The van der Waals surface area contributed by atoms with Crippen LogP contribution in [0.25, 0.3) is 0 Å².